The Balaban J connectivity index is 0.733. The summed E-state index contributed by atoms with van der Waals surface area (Å²) < 4.78 is 0. The molecule has 0 heterocycles. The summed E-state index contributed by atoms with van der Waals surface area (Å²) in [5, 5.41) is 0. The lowest BCUT2D eigenvalue weighted by Crippen LogP contribution is -2.56. The minimum Gasteiger partial charge on any atom is -0.294 e. The minimum atomic E-state index is 0.922. The summed E-state index contributed by atoms with van der Waals surface area (Å²) in [4.78, 5) is 6.66. The fourth-order valence-corrected chi connectivity index (χ4v) is 17.8. The smallest absolute Gasteiger partial charge is 0.0104 e. The standard InChI is InChI=1S/C54H92N2/c1-5-13-39(14-6-1)45-33-47(34-45)41-21-27-51(28-22-41)55(49-17-9-3-10-18-49)53-31-25-44-38-54(32-26-43(44)37-53)56(50-19-11-4-12-20-50)52-29-23-42(24-30-52)48-35-46(36-48)40-15-7-2-8-16-40/h39-54H,1-38H2. The highest BCUT2D eigenvalue weighted by Crippen LogP contribution is 2.54. The highest BCUT2D eigenvalue weighted by molar-refractivity contribution is 5.01. The molecule has 0 aliphatic heterocycles. The van der Waals surface area contributed by atoms with Gasteiger partial charge in [-0.2, -0.15) is 0 Å². The Hall–Kier alpha value is -0.0800. The van der Waals surface area contributed by atoms with Crippen LogP contribution in [0, 0.1) is 59.2 Å². The highest BCUT2D eigenvalue weighted by Gasteiger charge is 2.47. The van der Waals surface area contributed by atoms with Gasteiger partial charge in [0.2, 0.25) is 0 Å². The number of rotatable bonds is 10. The van der Waals surface area contributed by atoms with Gasteiger partial charge in [-0.1, -0.05) is 103 Å². The minimum absolute atomic E-state index is 0.922. The fourth-order valence-electron chi connectivity index (χ4n) is 17.8. The second-order valence-electron chi connectivity index (χ2n) is 23.8. The predicted octanol–water partition coefficient (Wildman–Crippen LogP) is 14.9. The monoisotopic (exact) mass is 769 g/mol. The molecule has 0 N–H and O–H groups in total. The number of nitrogens with zero attached hydrogens (tertiary/aromatic N) is 2. The van der Waals surface area contributed by atoms with E-state index in [1.165, 1.54) is 103 Å². The molecule has 4 atom stereocenters. The summed E-state index contributed by atoms with van der Waals surface area (Å²) in [6.45, 7) is 0. The van der Waals surface area contributed by atoms with Gasteiger partial charge in [-0.05, 0) is 200 Å². The molecule has 10 aliphatic carbocycles. The lowest BCUT2D eigenvalue weighted by Gasteiger charge is -2.55. The van der Waals surface area contributed by atoms with Gasteiger partial charge in [-0.25, -0.2) is 0 Å². The summed E-state index contributed by atoms with van der Waals surface area (Å²) in [6.07, 6.45) is 59.1. The van der Waals surface area contributed by atoms with Crippen LogP contribution in [0.4, 0.5) is 0 Å². The molecule has 0 spiro atoms. The molecule has 10 rings (SSSR count). The molecule has 0 aromatic rings. The van der Waals surface area contributed by atoms with Crippen molar-refractivity contribution in [3.05, 3.63) is 0 Å². The molecule has 318 valence electrons. The second-order valence-corrected chi connectivity index (χ2v) is 23.8. The second kappa shape index (κ2) is 18.9. The lowest BCUT2D eigenvalue weighted by molar-refractivity contribution is -0.0466. The van der Waals surface area contributed by atoms with Crippen molar-refractivity contribution >= 4 is 0 Å². The van der Waals surface area contributed by atoms with Crippen molar-refractivity contribution in [1.29, 1.82) is 0 Å². The van der Waals surface area contributed by atoms with Crippen LogP contribution in [-0.4, -0.2) is 46.1 Å². The Bertz CT molecular complexity index is 1070. The predicted molar refractivity (Wildman–Crippen MR) is 237 cm³/mol. The first-order chi connectivity index (χ1) is 27.7. The molecule has 2 nitrogen and oxygen atoms in total. The molecule has 0 radical (unpaired) electrons. The van der Waals surface area contributed by atoms with E-state index in [-0.39, 0.29) is 0 Å². The van der Waals surface area contributed by atoms with E-state index in [1.807, 2.05) is 0 Å². The van der Waals surface area contributed by atoms with Gasteiger partial charge in [0, 0.05) is 36.3 Å². The highest BCUT2D eigenvalue weighted by atomic mass is 15.2. The largest absolute Gasteiger partial charge is 0.294 e. The van der Waals surface area contributed by atoms with Crippen molar-refractivity contribution < 1.29 is 0 Å². The van der Waals surface area contributed by atoms with Crippen LogP contribution in [0.1, 0.15) is 244 Å². The Morgan fingerprint density at radius 1 is 0.161 bits per heavy atom. The topological polar surface area (TPSA) is 6.48 Å². The van der Waals surface area contributed by atoms with Crippen LogP contribution in [0.2, 0.25) is 0 Å². The third kappa shape index (κ3) is 8.95. The van der Waals surface area contributed by atoms with Gasteiger partial charge in [0.25, 0.3) is 0 Å². The van der Waals surface area contributed by atoms with E-state index in [0.717, 1.165) is 95.4 Å². The maximum Gasteiger partial charge on any atom is 0.0104 e. The fraction of sp³-hybridized carbons (Fsp3) is 1.00. The number of hydrogen-bond acceptors (Lipinski definition) is 2. The zero-order valence-electron chi connectivity index (χ0n) is 37.0. The van der Waals surface area contributed by atoms with Crippen LogP contribution in [0.5, 0.6) is 0 Å². The molecule has 0 amide bonds. The summed E-state index contributed by atoms with van der Waals surface area (Å²) in [5.74, 6) is 11.0. The van der Waals surface area contributed by atoms with E-state index >= 15 is 0 Å². The summed E-state index contributed by atoms with van der Waals surface area (Å²) in [7, 11) is 0. The molecular formula is C54H92N2. The van der Waals surface area contributed by atoms with Crippen LogP contribution >= 0.6 is 0 Å². The van der Waals surface area contributed by atoms with Crippen LogP contribution < -0.4 is 0 Å². The maximum absolute atomic E-state index is 3.33. The van der Waals surface area contributed by atoms with Gasteiger partial charge in [0.15, 0.2) is 0 Å². The Kier molecular flexibility index (Phi) is 13.5. The van der Waals surface area contributed by atoms with Crippen molar-refractivity contribution in [2.45, 2.75) is 280 Å². The van der Waals surface area contributed by atoms with E-state index in [4.69, 9.17) is 0 Å². The molecule has 2 heteroatoms. The van der Waals surface area contributed by atoms with Crippen molar-refractivity contribution in [3.63, 3.8) is 0 Å². The first-order valence-electron chi connectivity index (χ1n) is 27.3. The molecule has 0 aromatic carbocycles. The van der Waals surface area contributed by atoms with Gasteiger partial charge in [-0.3, -0.25) is 9.80 Å². The van der Waals surface area contributed by atoms with Crippen LogP contribution in [0.15, 0.2) is 0 Å². The van der Waals surface area contributed by atoms with Crippen molar-refractivity contribution in [1.82, 2.24) is 9.80 Å². The van der Waals surface area contributed by atoms with Crippen LogP contribution in [0.3, 0.4) is 0 Å². The average molecular weight is 769 g/mol. The van der Waals surface area contributed by atoms with Gasteiger partial charge in [0.1, 0.15) is 0 Å². The zero-order valence-corrected chi connectivity index (χ0v) is 37.0. The summed E-state index contributed by atoms with van der Waals surface area (Å²) in [6, 6.07) is 5.56. The van der Waals surface area contributed by atoms with Gasteiger partial charge < -0.3 is 0 Å². The molecule has 10 fully saturated rings. The van der Waals surface area contributed by atoms with E-state index in [9.17, 15) is 0 Å². The third-order valence-corrected chi connectivity index (χ3v) is 21.1. The SMILES string of the molecule is C1CCC(C2CC(C3CCC(N(C4CCCCC4)C4CCC5CC(N(C6CCCCC6)C6CCC(C7CC(C8CCCCC8)C7)CC6)CCC5C4)CC3)C2)CC1. The van der Waals surface area contributed by atoms with Crippen molar-refractivity contribution in [2.75, 3.05) is 0 Å². The quantitative estimate of drug-likeness (QED) is 0.218. The maximum atomic E-state index is 3.33. The Labute approximate surface area is 348 Å². The molecule has 0 bridgehead atoms. The molecule has 56 heavy (non-hydrogen) atoms. The third-order valence-electron chi connectivity index (χ3n) is 21.1. The van der Waals surface area contributed by atoms with Crippen LogP contribution in [0.25, 0.3) is 0 Å². The van der Waals surface area contributed by atoms with Gasteiger partial charge in [-0.15, -0.1) is 0 Å². The van der Waals surface area contributed by atoms with E-state index < -0.39 is 0 Å². The van der Waals surface area contributed by atoms with Gasteiger partial charge in [0.05, 0.1) is 0 Å². The van der Waals surface area contributed by atoms with Gasteiger partial charge >= 0.3 is 0 Å². The Morgan fingerprint density at radius 2 is 0.411 bits per heavy atom. The van der Waals surface area contributed by atoms with E-state index in [2.05, 4.69) is 9.80 Å². The van der Waals surface area contributed by atoms with E-state index in [1.54, 1.807) is 141 Å². The zero-order chi connectivity index (χ0) is 37.3. The first kappa shape index (κ1) is 40.0. The van der Waals surface area contributed by atoms with Crippen LogP contribution in [-0.2, 0) is 0 Å². The summed E-state index contributed by atoms with van der Waals surface area (Å²) >= 11 is 0. The Morgan fingerprint density at radius 3 is 0.750 bits per heavy atom. The molecule has 10 saturated carbocycles. The average Bonchev–Trinajstić information content (AvgIpc) is 3.23. The molecular weight excluding hydrogens is 677 g/mol. The first-order valence-corrected chi connectivity index (χ1v) is 27.3. The number of hydrogen-bond donors (Lipinski definition) is 0. The molecule has 4 unspecified atom stereocenters. The molecule has 0 saturated heterocycles. The summed E-state index contributed by atoms with van der Waals surface area (Å²) in [5.41, 5.74) is 0. The molecule has 0 aromatic heterocycles. The van der Waals surface area contributed by atoms with E-state index in [0.29, 0.717) is 0 Å². The number of fused-ring (bicyclic) bond motifs is 1. The van der Waals surface area contributed by atoms with Crippen molar-refractivity contribution in [3.8, 4) is 0 Å². The normalized spacial score (nSPS) is 44.2. The lowest BCUT2D eigenvalue weighted by atomic mass is 9.59. The molecule has 10 aliphatic rings. The van der Waals surface area contributed by atoms with Crippen molar-refractivity contribution in [2.24, 2.45) is 59.2 Å².